The van der Waals surface area contributed by atoms with Gasteiger partial charge in [-0.3, -0.25) is 32.5 Å². The van der Waals surface area contributed by atoms with Crippen molar-refractivity contribution in [2.24, 2.45) is 0 Å². The number of allylic oxidation sites excluding steroid dienone is 12. The van der Waals surface area contributed by atoms with Gasteiger partial charge in [0.15, 0.2) is 6.10 Å². The van der Waals surface area contributed by atoms with Gasteiger partial charge in [-0.2, -0.15) is 0 Å². The smallest absolute Gasteiger partial charge is 0.463 e. The fraction of sp³-hybridized carbons (Fsp3) is 0.769. The van der Waals surface area contributed by atoms with Gasteiger partial charge in [0.05, 0.1) is 26.4 Å². The van der Waals surface area contributed by atoms with Gasteiger partial charge >= 0.3 is 33.6 Å². The number of carbonyl (C=O) groups is 3. The SMILES string of the molecule is CC/C=C\C/C=C\C/C=C\CCCCCCCCCC(=O)OCC(O)COP(=O)(O)OCC(O)COP(=O)(O)OCC(COC(=O)CCCCCCC/C=C\C/C=C\CCCCC)OC(=O)CCCCCCC/C=C\CCCCCCCC. The third kappa shape index (κ3) is 60.5. The lowest BCUT2D eigenvalue weighted by Crippen LogP contribution is -2.30. The highest BCUT2D eigenvalue weighted by Crippen LogP contribution is 2.45. The molecule has 0 bridgehead atoms. The number of phosphoric acid groups is 2. The minimum atomic E-state index is -4.92. The lowest BCUT2D eigenvalue weighted by molar-refractivity contribution is -0.161. The zero-order chi connectivity index (χ0) is 61.0. The molecule has 0 rings (SSSR count). The van der Waals surface area contributed by atoms with Gasteiger partial charge in [0.25, 0.3) is 0 Å². The highest BCUT2D eigenvalue weighted by Gasteiger charge is 2.29. The molecule has 0 aliphatic heterocycles. The Morgan fingerprint density at radius 1 is 0.349 bits per heavy atom. The molecule has 0 aromatic heterocycles. The van der Waals surface area contributed by atoms with Crippen molar-refractivity contribution < 1.29 is 75.8 Å². The summed E-state index contributed by atoms with van der Waals surface area (Å²) in [6.45, 7) is 2.49. The predicted octanol–water partition coefficient (Wildman–Crippen LogP) is 17.2. The van der Waals surface area contributed by atoms with E-state index in [1.54, 1.807) is 0 Å². The number of hydrogen-bond donors (Lipinski definition) is 4. The number of aliphatic hydroxyl groups is 2. The van der Waals surface area contributed by atoms with Crippen molar-refractivity contribution in [1.29, 1.82) is 0 Å². The van der Waals surface area contributed by atoms with E-state index in [1.807, 2.05) is 0 Å². The Labute approximate surface area is 503 Å². The molecule has 0 heterocycles. The largest absolute Gasteiger partial charge is 0.472 e. The third-order valence-electron chi connectivity index (χ3n) is 13.4. The van der Waals surface area contributed by atoms with Crippen molar-refractivity contribution >= 4 is 33.6 Å². The van der Waals surface area contributed by atoms with Crippen LogP contribution in [0.1, 0.15) is 265 Å². The molecule has 18 heteroatoms. The minimum absolute atomic E-state index is 0.0929. The van der Waals surface area contributed by atoms with Crippen LogP contribution in [0.5, 0.6) is 0 Å². The molecule has 0 fully saturated rings. The molecule has 0 amide bonds. The van der Waals surface area contributed by atoms with Gasteiger partial charge in [-0.15, -0.1) is 0 Å². The number of esters is 3. The van der Waals surface area contributed by atoms with Crippen LogP contribution in [0.25, 0.3) is 0 Å². The number of aliphatic hydroxyl groups excluding tert-OH is 2. The predicted molar refractivity (Wildman–Crippen MR) is 335 cm³/mol. The Morgan fingerprint density at radius 2 is 0.639 bits per heavy atom. The maximum atomic E-state index is 12.9. The molecule has 16 nitrogen and oxygen atoms in total. The van der Waals surface area contributed by atoms with Crippen LogP contribution >= 0.6 is 15.6 Å². The van der Waals surface area contributed by atoms with Crippen LogP contribution in [0.2, 0.25) is 0 Å². The normalized spacial score (nSPS) is 14.8. The van der Waals surface area contributed by atoms with E-state index in [2.05, 4.69) is 93.7 Å². The van der Waals surface area contributed by atoms with Gasteiger partial charge < -0.3 is 34.2 Å². The van der Waals surface area contributed by atoms with Gasteiger partial charge in [-0.25, -0.2) is 9.13 Å². The zero-order valence-electron chi connectivity index (χ0n) is 51.9. The van der Waals surface area contributed by atoms with E-state index in [4.69, 9.17) is 32.3 Å². The first-order valence-corrected chi connectivity index (χ1v) is 35.2. The molecule has 0 aromatic rings. The second kappa shape index (κ2) is 59.3. The van der Waals surface area contributed by atoms with Gasteiger partial charge in [0, 0.05) is 19.3 Å². The Balaban J connectivity index is 4.70. The minimum Gasteiger partial charge on any atom is -0.463 e. The van der Waals surface area contributed by atoms with E-state index < -0.39 is 91.5 Å². The average Bonchev–Trinajstić information content (AvgIpc) is 3.47. The van der Waals surface area contributed by atoms with Crippen molar-refractivity contribution in [2.75, 3.05) is 39.6 Å². The summed E-state index contributed by atoms with van der Waals surface area (Å²) in [5, 5.41) is 20.5. The Hall–Kier alpha value is -3.01. The molecule has 482 valence electrons. The molecule has 5 atom stereocenters. The Morgan fingerprint density at radius 3 is 1.05 bits per heavy atom. The summed E-state index contributed by atoms with van der Waals surface area (Å²) < 4.78 is 60.7. The second-order valence-electron chi connectivity index (χ2n) is 21.5. The number of hydrogen-bond acceptors (Lipinski definition) is 14. The molecule has 0 aliphatic rings. The molecular weight excluding hydrogens is 1100 g/mol. The summed E-state index contributed by atoms with van der Waals surface area (Å²) in [5.41, 5.74) is 0. The first-order valence-electron chi connectivity index (χ1n) is 32.2. The summed E-state index contributed by atoms with van der Waals surface area (Å²) in [5.74, 6) is -1.60. The summed E-state index contributed by atoms with van der Waals surface area (Å²) in [4.78, 5) is 58.2. The molecule has 0 saturated carbocycles. The number of ether oxygens (including phenoxy) is 3. The fourth-order valence-electron chi connectivity index (χ4n) is 8.43. The van der Waals surface area contributed by atoms with Crippen molar-refractivity contribution in [3.63, 3.8) is 0 Å². The van der Waals surface area contributed by atoms with Crippen LogP contribution < -0.4 is 0 Å². The zero-order valence-corrected chi connectivity index (χ0v) is 53.6. The molecule has 0 aliphatic carbocycles. The van der Waals surface area contributed by atoms with E-state index in [0.717, 1.165) is 148 Å². The quantitative estimate of drug-likeness (QED) is 0.0146. The van der Waals surface area contributed by atoms with Crippen LogP contribution in [0.15, 0.2) is 72.9 Å². The highest BCUT2D eigenvalue weighted by atomic mass is 31.2. The molecule has 0 radical (unpaired) electrons. The molecule has 0 spiro atoms. The van der Waals surface area contributed by atoms with Gasteiger partial charge in [0.2, 0.25) is 0 Å². The lowest BCUT2D eigenvalue weighted by atomic mass is 10.1. The molecule has 83 heavy (non-hydrogen) atoms. The Bertz CT molecular complexity index is 1820. The van der Waals surface area contributed by atoms with Crippen LogP contribution in [0, 0.1) is 0 Å². The number of rotatable bonds is 61. The maximum absolute atomic E-state index is 12.9. The van der Waals surface area contributed by atoms with Crippen LogP contribution in [-0.4, -0.2) is 95.9 Å². The fourth-order valence-corrected chi connectivity index (χ4v) is 10.0. The third-order valence-corrected chi connectivity index (χ3v) is 15.3. The van der Waals surface area contributed by atoms with E-state index in [9.17, 15) is 43.5 Å². The number of phosphoric ester groups is 2. The van der Waals surface area contributed by atoms with Crippen molar-refractivity contribution in [3.8, 4) is 0 Å². The topological polar surface area (TPSA) is 231 Å². The van der Waals surface area contributed by atoms with E-state index in [-0.39, 0.29) is 19.3 Å². The van der Waals surface area contributed by atoms with Crippen molar-refractivity contribution in [2.45, 2.75) is 283 Å². The second-order valence-corrected chi connectivity index (χ2v) is 24.4. The van der Waals surface area contributed by atoms with E-state index >= 15 is 0 Å². The summed E-state index contributed by atoms with van der Waals surface area (Å²) >= 11 is 0. The highest BCUT2D eigenvalue weighted by molar-refractivity contribution is 7.47. The molecule has 5 unspecified atom stereocenters. The van der Waals surface area contributed by atoms with Gasteiger partial charge in [-0.05, 0) is 109 Å². The molecular formula is C65H116O16P2. The van der Waals surface area contributed by atoms with E-state index in [0.29, 0.717) is 19.3 Å². The molecule has 0 saturated heterocycles. The Kier molecular flexibility index (Phi) is 57.2. The standard InChI is InChI=1S/C65H116O16P2/c1-4-7-10-13-16-19-22-25-28-29-32-34-36-39-42-45-48-51-63(68)75-54-60(66)55-77-82(71,72)78-56-61(67)57-79-83(73,74)80-59-62(81-65(70)53-50-47-44-41-38-35-31-27-24-21-18-15-12-9-6-3)58-76-64(69)52-49-46-43-40-37-33-30-26-23-20-17-14-11-8-5-2/h7,10,16-17,19-20,25-28,30-31,60-62,66-67H,4-6,8-9,11-15,18,21-24,29,32-59H2,1-3H3,(H,71,72)(H,73,74)/b10-7-,19-16-,20-17-,28-25-,30-26-,31-27-. The monoisotopic (exact) mass is 1210 g/mol. The van der Waals surface area contributed by atoms with Crippen molar-refractivity contribution in [3.05, 3.63) is 72.9 Å². The van der Waals surface area contributed by atoms with Crippen molar-refractivity contribution in [1.82, 2.24) is 0 Å². The number of unbranched alkanes of at least 4 members (excludes halogenated alkanes) is 26. The van der Waals surface area contributed by atoms with Crippen LogP contribution in [-0.2, 0) is 55.8 Å². The first kappa shape index (κ1) is 80.0. The molecule has 0 aromatic carbocycles. The first-order chi connectivity index (χ1) is 40.2. The van der Waals surface area contributed by atoms with Crippen LogP contribution in [0.3, 0.4) is 0 Å². The maximum Gasteiger partial charge on any atom is 0.472 e. The van der Waals surface area contributed by atoms with Gasteiger partial charge in [-0.1, -0.05) is 209 Å². The average molecular weight is 1220 g/mol. The van der Waals surface area contributed by atoms with E-state index in [1.165, 1.54) is 57.8 Å². The van der Waals surface area contributed by atoms with Crippen LogP contribution in [0.4, 0.5) is 0 Å². The summed E-state index contributed by atoms with van der Waals surface area (Å²) in [6, 6.07) is 0. The lowest BCUT2D eigenvalue weighted by Gasteiger charge is -2.21. The molecule has 4 N–H and O–H groups in total. The number of carbonyl (C=O) groups excluding carboxylic acids is 3. The summed E-state index contributed by atoms with van der Waals surface area (Å²) in [6.07, 6.45) is 59.5. The summed E-state index contributed by atoms with van der Waals surface area (Å²) in [7, 11) is -9.77. The van der Waals surface area contributed by atoms with Gasteiger partial charge in [0.1, 0.15) is 25.4 Å².